The van der Waals surface area contributed by atoms with E-state index in [1.54, 1.807) is 23.1 Å². The molecule has 0 radical (unpaired) electrons. The predicted molar refractivity (Wildman–Crippen MR) is 125 cm³/mol. The van der Waals surface area contributed by atoms with Gasteiger partial charge in [-0.25, -0.2) is 9.97 Å². The van der Waals surface area contributed by atoms with E-state index in [4.69, 9.17) is 4.42 Å². The number of piperidine rings is 1. The monoisotopic (exact) mass is 443 g/mol. The van der Waals surface area contributed by atoms with Crippen LogP contribution in [0.3, 0.4) is 0 Å². The first-order valence-corrected chi connectivity index (χ1v) is 11.1. The smallest absolute Gasteiger partial charge is 0.295 e. The number of furan rings is 1. The molecule has 1 aromatic carbocycles. The zero-order chi connectivity index (χ0) is 22.6. The van der Waals surface area contributed by atoms with Crippen molar-refractivity contribution in [2.75, 3.05) is 18.0 Å². The average Bonchev–Trinajstić information content (AvgIpc) is 3.38. The number of amides is 1. The SMILES string of the molecule is O=C(NCc1ccco1)[C@@H]1CCCN(c2nc3cccnc3n(Cc3ccccc3)c2=O)C1. The largest absolute Gasteiger partial charge is 0.467 e. The Bertz CT molecular complexity index is 1300. The molecule has 4 heterocycles. The van der Waals surface area contributed by atoms with Gasteiger partial charge in [0.2, 0.25) is 5.91 Å². The third-order valence-corrected chi connectivity index (χ3v) is 5.98. The van der Waals surface area contributed by atoms with Gasteiger partial charge in [-0.3, -0.25) is 14.2 Å². The summed E-state index contributed by atoms with van der Waals surface area (Å²) in [6, 6.07) is 17.1. The van der Waals surface area contributed by atoms with Crippen LogP contribution in [0.2, 0.25) is 0 Å². The van der Waals surface area contributed by atoms with Crippen LogP contribution in [0.1, 0.15) is 24.2 Å². The van der Waals surface area contributed by atoms with Crippen molar-refractivity contribution < 1.29 is 9.21 Å². The second kappa shape index (κ2) is 9.28. The summed E-state index contributed by atoms with van der Waals surface area (Å²) in [5, 5.41) is 2.94. The van der Waals surface area contributed by atoms with Crippen molar-refractivity contribution in [1.29, 1.82) is 0 Å². The molecular formula is C25H25N5O3. The lowest BCUT2D eigenvalue weighted by atomic mass is 9.97. The molecule has 1 aliphatic rings. The lowest BCUT2D eigenvalue weighted by molar-refractivity contribution is -0.125. The first-order chi connectivity index (χ1) is 16.2. The molecule has 1 fully saturated rings. The number of benzene rings is 1. The summed E-state index contributed by atoms with van der Waals surface area (Å²) in [5.74, 6) is 0.823. The molecule has 8 nitrogen and oxygen atoms in total. The molecule has 1 aliphatic heterocycles. The molecule has 1 amide bonds. The van der Waals surface area contributed by atoms with Crippen LogP contribution >= 0.6 is 0 Å². The number of hydrogen-bond donors (Lipinski definition) is 1. The van der Waals surface area contributed by atoms with Crippen LogP contribution in [0.5, 0.6) is 0 Å². The highest BCUT2D eigenvalue weighted by Gasteiger charge is 2.28. The van der Waals surface area contributed by atoms with Crippen molar-refractivity contribution in [3.05, 3.63) is 88.7 Å². The Labute approximate surface area is 190 Å². The third-order valence-electron chi connectivity index (χ3n) is 5.98. The molecular weight excluding hydrogens is 418 g/mol. The minimum absolute atomic E-state index is 0.0387. The average molecular weight is 444 g/mol. The molecule has 1 N–H and O–H groups in total. The number of carbonyl (C=O) groups is 1. The first-order valence-electron chi connectivity index (χ1n) is 11.1. The van der Waals surface area contributed by atoms with Crippen molar-refractivity contribution in [1.82, 2.24) is 19.9 Å². The van der Waals surface area contributed by atoms with Gasteiger partial charge >= 0.3 is 0 Å². The standard InChI is InChI=1S/C25H25N5O3/c31-24(27-15-20-10-6-14-33-20)19-9-5-13-29(17-19)23-25(32)30(16-18-7-2-1-3-8-18)22-21(28-23)11-4-12-26-22/h1-4,6-8,10-12,14,19H,5,9,13,15-17H2,(H,27,31)/t19-/m1/s1. The second-order valence-electron chi connectivity index (χ2n) is 8.24. The van der Waals surface area contributed by atoms with E-state index >= 15 is 0 Å². The van der Waals surface area contributed by atoms with Crippen LogP contribution in [-0.4, -0.2) is 33.5 Å². The van der Waals surface area contributed by atoms with Crippen LogP contribution in [-0.2, 0) is 17.9 Å². The first kappa shape index (κ1) is 20.9. The summed E-state index contributed by atoms with van der Waals surface area (Å²) in [4.78, 5) is 37.4. The van der Waals surface area contributed by atoms with Crippen LogP contribution < -0.4 is 15.8 Å². The number of anilines is 1. The Morgan fingerprint density at radius 1 is 1.12 bits per heavy atom. The number of pyridine rings is 1. The Hall–Kier alpha value is -3.94. The molecule has 168 valence electrons. The Morgan fingerprint density at radius 3 is 2.82 bits per heavy atom. The van der Waals surface area contributed by atoms with Crippen LogP contribution in [0.25, 0.3) is 11.2 Å². The zero-order valence-corrected chi connectivity index (χ0v) is 18.2. The van der Waals surface area contributed by atoms with Crippen LogP contribution in [0.4, 0.5) is 5.82 Å². The molecule has 0 aliphatic carbocycles. The quantitative estimate of drug-likeness (QED) is 0.493. The maximum atomic E-state index is 13.6. The molecule has 33 heavy (non-hydrogen) atoms. The summed E-state index contributed by atoms with van der Waals surface area (Å²) >= 11 is 0. The van der Waals surface area contributed by atoms with Gasteiger partial charge < -0.3 is 14.6 Å². The normalized spacial score (nSPS) is 16.1. The summed E-state index contributed by atoms with van der Waals surface area (Å²) in [7, 11) is 0. The lowest BCUT2D eigenvalue weighted by Gasteiger charge is -2.32. The molecule has 1 atom stereocenters. The highest BCUT2D eigenvalue weighted by molar-refractivity contribution is 5.79. The molecule has 8 heteroatoms. The Morgan fingerprint density at radius 2 is 2.00 bits per heavy atom. The third kappa shape index (κ3) is 4.50. The summed E-state index contributed by atoms with van der Waals surface area (Å²) < 4.78 is 6.97. The highest BCUT2D eigenvalue weighted by atomic mass is 16.3. The molecule has 1 saturated heterocycles. The van der Waals surface area contributed by atoms with Gasteiger partial charge in [-0.15, -0.1) is 0 Å². The number of aromatic nitrogens is 3. The maximum absolute atomic E-state index is 13.6. The molecule has 4 aromatic rings. The fourth-order valence-electron chi connectivity index (χ4n) is 4.30. The zero-order valence-electron chi connectivity index (χ0n) is 18.2. The Kier molecular flexibility index (Phi) is 5.89. The molecule has 0 spiro atoms. The number of nitrogens with one attached hydrogen (secondary N) is 1. The summed E-state index contributed by atoms with van der Waals surface area (Å²) in [5.41, 5.74) is 2.03. The van der Waals surface area contributed by atoms with Crippen molar-refractivity contribution in [2.45, 2.75) is 25.9 Å². The van der Waals surface area contributed by atoms with Gasteiger partial charge in [0.25, 0.3) is 5.56 Å². The van der Waals surface area contributed by atoms with Gasteiger partial charge in [-0.1, -0.05) is 30.3 Å². The van der Waals surface area contributed by atoms with E-state index in [1.807, 2.05) is 53.4 Å². The van der Waals surface area contributed by atoms with Crippen LogP contribution in [0, 0.1) is 5.92 Å². The van der Waals surface area contributed by atoms with Crippen molar-refractivity contribution in [2.24, 2.45) is 5.92 Å². The van der Waals surface area contributed by atoms with E-state index in [2.05, 4.69) is 15.3 Å². The minimum atomic E-state index is -0.220. The fourth-order valence-corrected chi connectivity index (χ4v) is 4.30. The van der Waals surface area contributed by atoms with Crippen molar-refractivity contribution in [3.8, 4) is 0 Å². The summed E-state index contributed by atoms with van der Waals surface area (Å²) in [6.45, 7) is 1.89. The number of rotatable bonds is 6. The number of fused-ring (bicyclic) bond motifs is 1. The van der Waals surface area contributed by atoms with E-state index in [-0.39, 0.29) is 17.4 Å². The van der Waals surface area contributed by atoms with Gasteiger partial charge in [-0.2, -0.15) is 0 Å². The van der Waals surface area contributed by atoms with Gasteiger partial charge in [0.05, 0.1) is 25.3 Å². The lowest BCUT2D eigenvalue weighted by Crippen LogP contribution is -2.45. The van der Waals surface area contributed by atoms with Gasteiger partial charge in [0, 0.05) is 19.3 Å². The predicted octanol–water partition coefficient (Wildman–Crippen LogP) is 2.97. The van der Waals surface area contributed by atoms with Gasteiger partial charge in [-0.05, 0) is 42.7 Å². The van der Waals surface area contributed by atoms with Crippen LogP contribution in [0.15, 0.2) is 76.3 Å². The highest BCUT2D eigenvalue weighted by Crippen LogP contribution is 2.22. The molecule has 0 saturated carbocycles. The summed E-state index contributed by atoms with van der Waals surface area (Å²) in [6.07, 6.45) is 4.84. The number of nitrogens with zero attached hydrogens (tertiary/aromatic N) is 4. The van der Waals surface area contributed by atoms with Crippen molar-refractivity contribution in [3.63, 3.8) is 0 Å². The van der Waals surface area contributed by atoms with E-state index in [0.29, 0.717) is 48.9 Å². The number of carbonyl (C=O) groups excluding carboxylic acids is 1. The molecule has 5 rings (SSSR count). The van der Waals surface area contributed by atoms with E-state index in [9.17, 15) is 9.59 Å². The molecule has 0 unspecified atom stereocenters. The van der Waals surface area contributed by atoms with E-state index < -0.39 is 0 Å². The fraction of sp³-hybridized carbons (Fsp3) is 0.280. The Balaban J connectivity index is 1.42. The number of hydrogen-bond acceptors (Lipinski definition) is 6. The van der Waals surface area contributed by atoms with Crippen molar-refractivity contribution >= 4 is 22.9 Å². The molecule has 0 bridgehead atoms. The van der Waals surface area contributed by atoms with E-state index in [1.165, 1.54) is 0 Å². The topological polar surface area (TPSA) is 93.3 Å². The van der Waals surface area contributed by atoms with E-state index in [0.717, 1.165) is 18.4 Å². The van der Waals surface area contributed by atoms with Gasteiger partial charge in [0.15, 0.2) is 11.5 Å². The van der Waals surface area contributed by atoms with Gasteiger partial charge in [0.1, 0.15) is 11.3 Å². The maximum Gasteiger partial charge on any atom is 0.295 e. The molecule has 3 aromatic heterocycles. The minimum Gasteiger partial charge on any atom is -0.467 e. The second-order valence-corrected chi connectivity index (χ2v) is 8.24.